The molecular formula is C23H21ClN2O3S. The van der Waals surface area contributed by atoms with Gasteiger partial charge in [-0.05, 0) is 43.0 Å². The van der Waals surface area contributed by atoms with Crippen LogP contribution in [0.1, 0.15) is 31.0 Å². The van der Waals surface area contributed by atoms with E-state index < -0.39 is 0 Å². The monoisotopic (exact) mass is 440 g/mol. The van der Waals surface area contributed by atoms with E-state index in [0.717, 1.165) is 16.3 Å². The van der Waals surface area contributed by atoms with Crippen molar-refractivity contribution in [2.75, 3.05) is 6.61 Å². The fraction of sp³-hybridized carbons (Fsp3) is 0.217. The lowest BCUT2D eigenvalue weighted by atomic mass is 9.94. The van der Waals surface area contributed by atoms with Crippen molar-refractivity contribution in [1.29, 1.82) is 0 Å². The summed E-state index contributed by atoms with van der Waals surface area (Å²) in [6, 6.07) is 14.9. The minimum atomic E-state index is -0.371. The number of aliphatic imine (C=N–C) groups is 1. The fourth-order valence-corrected chi connectivity index (χ4v) is 4.37. The van der Waals surface area contributed by atoms with Crippen molar-refractivity contribution in [3.05, 3.63) is 87.6 Å². The van der Waals surface area contributed by atoms with Gasteiger partial charge in [-0.3, -0.25) is 0 Å². The zero-order chi connectivity index (χ0) is 21.1. The van der Waals surface area contributed by atoms with Gasteiger partial charge in [-0.25, -0.2) is 9.79 Å². The van der Waals surface area contributed by atoms with E-state index >= 15 is 0 Å². The van der Waals surface area contributed by atoms with Gasteiger partial charge in [-0.2, -0.15) is 0 Å². The number of rotatable bonds is 6. The second kappa shape index (κ2) is 8.98. The molecule has 0 N–H and O–H groups in total. The SMILES string of the molecule is CCOC(=O)C1=C(C)N=C2SC=CN2[C@@H]1c1ccccc1OCc1ccc(Cl)cc1. The minimum absolute atomic E-state index is 0.304. The Morgan fingerprint density at radius 2 is 1.97 bits per heavy atom. The number of nitrogens with zero attached hydrogens (tertiary/aromatic N) is 2. The van der Waals surface area contributed by atoms with E-state index in [1.165, 1.54) is 11.8 Å². The van der Waals surface area contributed by atoms with Crippen molar-refractivity contribution in [2.24, 2.45) is 4.99 Å². The molecule has 0 unspecified atom stereocenters. The smallest absolute Gasteiger partial charge is 0.338 e. The Hall–Kier alpha value is -2.70. The summed E-state index contributed by atoms with van der Waals surface area (Å²) in [6.07, 6.45) is 1.94. The Kier molecular flexibility index (Phi) is 6.16. The van der Waals surface area contributed by atoms with E-state index in [4.69, 9.17) is 21.1 Å². The van der Waals surface area contributed by atoms with Gasteiger partial charge in [0.25, 0.3) is 0 Å². The van der Waals surface area contributed by atoms with Crippen LogP contribution in [0.4, 0.5) is 0 Å². The van der Waals surface area contributed by atoms with Gasteiger partial charge in [0.1, 0.15) is 12.4 Å². The minimum Gasteiger partial charge on any atom is -0.489 e. The Bertz CT molecular complexity index is 1050. The van der Waals surface area contributed by atoms with Gasteiger partial charge < -0.3 is 14.4 Å². The molecule has 30 heavy (non-hydrogen) atoms. The topological polar surface area (TPSA) is 51.1 Å². The molecule has 2 aliphatic heterocycles. The summed E-state index contributed by atoms with van der Waals surface area (Å²) in [5.74, 6) is 0.346. The van der Waals surface area contributed by atoms with Crippen molar-refractivity contribution in [3.8, 4) is 5.75 Å². The molecule has 0 aliphatic carbocycles. The highest BCUT2D eigenvalue weighted by Crippen LogP contribution is 2.43. The van der Waals surface area contributed by atoms with E-state index in [9.17, 15) is 4.79 Å². The van der Waals surface area contributed by atoms with E-state index in [0.29, 0.717) is 35.3 Å². The van der Waals surface area contributed by atoms with Crippen molar-refractivity contribution in [1.82, 2.24) is 4.90 Å². The van der Waals surface area contributed by atoms with E-state index in [2.05, 4.69) is 4.99 Å². The van der Waals surface area contributed by atoms with E-state index in [-0.39, 0.29) is 12.0 Å². The van der Waals surface area contributed by atoms with Crippen LogP contribution in [0.15, 0.2) is 76.4 Å². The fourth-order valence-electron chi connectivity index (χ4n) is 3.46. The molecule has 0 saturated heterocycles. The number of esters is 1. The van der Waals surface area contributed by atoms with Crippen LogP contribution in [-0.4, -0.2) is 22.6 Å². The number of thioether (sulfide) groups is 1. The quantitative estimate of drug-likeness (QED) is 0.540. The van der Waals surface area contributed by atoms with Crippen LogP contribution in [0.3, 0.4) is 0 Å². The molecule has 2 aliphatic rings. The molecule has 5 nitrogen and oxygen atoms in total. The van der Waals surface area contributed by atoms with Crippen LogP contribution in [0.2, 0.25) is 5.02 Å². The number of hydrogen-bond donors (Lipinski definition) is 0. The molecule has 0 aromatic heterocycles. The first kappa shape index (κ1) is 20.6. The van der Waals surface area contributed by atoms with Crippen molar-refractivity contribution in [2.45, 2.75) is 26.5 Å². The molecular weight excluding hydrogens is 420 g/mol. The molecule has 154 valence electrons. The maximum Gasteiger partial charge on any atom is 0.338 e. The Balaban J connectivity index is 1.70. The second-order valence-electron chi connectivity index (χ2n) is 6.78. The molecule has 0 saturated carbocycles. The number of fused-ring (bicyclic) bond motifs is 1. The lowest BCUT2D eigenvalue weighted by molar-refractivity contribution is -0.139. The summed E-state index contributed by atoms with van der Waals surface area (Å²) >= 11 is 7.51. The number of amidine groups is 1. The number of halogens is 1. The molecule has 7 heteroatoms. The number of hydrogen-bond acceptors (Lipinski definition) is 6. The number of carbonyl (C=O) groups excluding carboxylic acids is 1. The molecule has 2 aromatic rings. The number of benzene rings is 2. The Morgan fingerprint density at radius 1 is 1.20 bits per heavy atom. The predicted octanol–water partition coefficient (Wildman–Crippen LogP) is 5.69. The van der Waals surface area contributed by atoms with Gasteiger partial charge in [0.2, 0.25) is 0 Å². The third kappa shape index (κ3) is 4.11. The standard InChI is InChI=1S/C23H21ClN2O3S/c1-3-28-22(27)20-15(2)25-23-26(12-13-30-23)21(20)18-6-4-5-7-19(18)29-14-16-8-10-17(24)11-9-16/h4-13,21H,3,14H2,1-2H3/t21-/m1/s1. The van der Waals surface area contributed by atoms with Crippen molar-refractivity contribution < 1.29 is 14.3 Å². The average molecular weight is 441 g/mol. The van der Waals surface area contributed by atoms with Crippen LogP contribution in [0.25, 0.3) is 0 Å². The summed E-state index contributed by atoms with van der Waals surface area (Å²) in [6.45, 7) is 4.34. The molecule has 0 amide bonds. The number of carbonyl (C=O) groups is 1. The average Bonchev–Trinajstić information content (AvgIpc) is 3.21. The largest absolute Gasteiger partial charge is 0.489 e. The second-order valence-corrected chi connectivity index (χ2v) is 8.09. The van der Waals surface area contributed by atoms with Crippen LogP contribution < -0.4 is 4.74 Å². The predicted molar refractivity (Wildman–Crippen MR) is 120 cm³/mol. The maximum atomic E-state index is 12.8. The Morgan fingerprint density at radius 3 is 2.73 bits per heavy atom. The van der Waals surface area contributed by atoms with Crippen LogP contribution in [0, 0.1) is 0 Å². The van der Waals surface area contributed by atoms with Crippen LogP contribution >= 0.6 is 23.4 Å². The van der Waals surface area contributed by atoms with E-state index in [1.807, 2.05) is 72.0 Å². The third-order valence-electron chi connectivity index (χ3n) is 4.84. The lowest BCUT2D eigenvalue weighted by Crippen LogP contribution is -2.34. The highest BCUT2D eigenvalue weighted by Gasteiger charge is 2.38. The summed E-state index contributed by atoms with van der Waals surface area (Å²) < 4.78 is 11.5. The molecule has 0 radical (unpaired) electrons. The van der Waals surface area contributed by atoms with Gasteiger partial charge in [0, 0.05) is 16.8 Å². The zero-order valence-electron chi connectivity index (χ0n) is 16.7. The van der Waals surface area contributed by atoms with E-state index in [1.54, 1.807) is 6.92 Å². The number of ether oxygens (including phenoxy) is 2. The van der Waals surface area contributed by atoms with Gasteiger partial charge in [0.05, 0.1) is 23.9 Å². The number of para-hydroxylation sites is 1. The summed E-state index contributed by atoms with van der Waals surface area (Å²) in [7, 11) is 0. The third-order valence-corrected chi connectivity index (χ3v) is 5.86. The molecule has 2 aromatic carbocycles. The molecule has 2 heterocycles. The maximum absolute atomic E-state index is 12.8. The Labute approximate surface area is 185 Å². The molecule has 4 rings (SSSR count). The first-order valence-electron chi connectivity index (χ1n) is 9.63. The van der Waals surface area contributed by atoms with Crippen LogP contribution in [0.5, 0.6) is 5.75 Å². The first-order chi connectivity index (χ1) is 14.6. The van der Waals surface area contributed by atoms with Crippen LogP contribution in [-0.2, 0) is 16.1 Å². The highest BCUT2D eigenvalue weighted by molar-refractivity contribution is 8.16. The lowest BCUT2D eigenvalue weighted by Gasteiger charge is -2.34. The summed E-state index contributed by atoms with van der Waals surface area (Å²) in [4.78, 5) is 19.4. The summed E-state index contributed by atoms with van der Waals surface area (Å²) in [5.41, 5.74) is 3.08. The van der Waals surface area contributed by atoms with Crippen molar-refractivity contribution >= 4 is 34.5 Å². The normalized spacial score (nSPS) is 17.6. The van der Waals surface area contributed by atoms with Gasteiger partial charge in [0.15, 0.2) is 5.17 Å². The van der Waals surface area contributed by atoms with Gasteiger partial charge in [-0.1, -0.05) is 53.7 Å². The van der Waals surface area contributed by atoms with Gasteiger partial charge in [-0.15, -0.1) is 0 Å². The molecule has 0 fully saturated rings. The van der Waals surface area contributed by atoms with Gasteiger partial charge >= 0.3 is 5.97 Å². The van der Waals surface area contributed by atoms with Crippen molar-refractivity contribution in [3.63, 3.8) is 0 Å². The first-order valence-corrected chi connectivity index (χ1v) is 10.9. The highest BCUT2D eigenvalue weighted by atomic mass is 35.5. The molecule has 0 bridgehead atoms. The molecule has 0 spiro atoms. The zero-order valence-corrected chi connectivity index (χ0v) is 18.2. The number of allylic oxidation sites excluding steroid dienone is 1. The molecule has 1 atom stereocenters. The summed E-state index contributed by atoms with van der Waals surface area (Å²) in [5, 5.41) is 3.48.